The fraction of sp³-hybridized carbons (Fsp3) is 0.600. The number of amides is 1. The Morgan fingerprint density at radius 2 is 2.10 bits per heavy atom. The van der Waals surface area contributed by atoms with Gasteiger partial charge in [-0.3, -0.25) is 4.79 Å². The Hall–Kier alpha value is -1.82. The zero-order valence-electron chi connectivity index (χ0n) is 12.9. The molecule has 2 rings (SSSR count). The topological polar surface area (TPSA) is 71.8 Å². The number of ether oxygens (including phenoxy) is 1. The molecule has 21 heavy (non-hydrogen) atoms. The van der Waals surface area contributed by atoms with Crippen LogP contribution in [-0.4, -0.2) is 52.3 Å². The van der Waals surface area contributed by atoms with E-state index in [2.05, 4.69) is 0 Å². The number of likely N-dealkylation sites (tertiary alicyclic amines) is 1. The van der Waals surface area contributed by atoms with Gasteiger partial charge >= 0.3 is 5.97 Å². The predicted octanol–water partition coefficient (Wildman–Crippen LogP) is 1.44. The first-order chi connectivity index (χ1) is 9.90. The highest BCUT2D eigenvalue weighted by Gasteiger charge is 2.40. The van der Waals surface area contributed by atoms with Gasteiger partial charge in [0.1, 0.15) is 6.04 Å². The molecule has 0 saturated carbocycles. The minimum absolute atomic E-state index is 0.218. The van der Waals surface area contributed by atoms with Crippen molar-refractivity contribution in [2.75, 3.05) is 13.7 Å². The predicted molar refractivity (Wildman–Crippen MR) is 77.5 cm³/mol. The summed E-state index contributed by atoms with van der Waals surface area (Å²) in [5, 5.41) is 9.31. The molecule has 1 aromatic rings. The molecule has 0 spiro atoms. The second kappa shape index (κ2) is 5.89. The molecule has 0 aromatic carbocycles. The van der Waals surface area contributed by atoms with E-state index in [0.717, 1.165) is 17.9 Å². The lowest BCUT2D eigenvalue weighted by atomic mass is 10.1. The molecule has 0 aliphatic carbocycles. The van der Waals surface area contributed by atoms with Crippen LogP contribution in [0.25, 0.3) is 0 Å². The van der Waals surface area contributed by atoms with Crippen LogP contribution in [0.4, 0.5) is 0 Å². The van der Waals surface area contributed by atoms with Crippen LogP contribution in [0.15, 0.2) is 6.07 Å². The zero-order chi connectivity index (χ0) is 15.7. The summed E-state index contributed by atoms with van der Waals surface area (Å²) in [6.45, 7) is 6.97. The summed E-state index contributed by atoms with van der Waals surface area (Å²) in [4.78, 5) is 25.5. The Balaban J connectivity index is 2.32. The Labute approximate surface area is 124 Å². The van der Waals surface area contributed by atoms with Gasteiger partial charge in [0.25, 0.3) is 5.91 Å². The largest absolute Gasteiger partial charge is 0.480 e. The minimum Gasteiger partial charge on any atom is -0.480 e. The standard InChI is InChI=1S/C15H22N2O4/c1-5-16-9(2)6-12(10(16)3)14(18)17-8-11(21-4)7-13(17)15(19)20/h6,11,13H,5,7-8H2,1-4H3,(H,19,20). The molecule has 6 nitrogen and oxygen atoms in total. The summed E-state index contributed by atoms with van der Waals surface area (Å²) >= 11 is 0. The van der Waals surface area contributed by atoms with Crippen molar-refractivity contribution in [2.45, 2.75) is 45.9 Å². The summed E-state index contributed by atoms with van der Waals surface area (Å²) < 4.78 is 7.27. The highest BCUT2D eigenvalue weighted by Crippen LogP contribution is 2.25. The van der Waals surface area contributed by atoms with Gasteiger partial charge in [-0.05, 0) is 26.8 Å². The molecular weight excluding hydrogens is 272 g/mol. The van der Waals surface area contributed by atoms with Crippen LogP contribution in [0.3, 0.4) is 0 Å². The van der Waals surface area contributed by atoms with Gasteiger partial charge < -0.3 is 19.3 Å². The lowest BCUT2D eigenvalue weighted by Crippen LogP contribution is -2.40. The van der Waals surface area contributed by atoms with Crippen LogP contribution in [0.1, 0.15) is 35.1 Å². The highest BCUT2D eigenvalue weighted by molar-refractivity contribution is 5.98. The third kappa shape index (κ3) is 2.68. The van der Waals surface area contributed by atoms with Crippen LogP contribution in [0, 0.1) is 13.8 Å². The van der Waals surface area contributed by atoms with E-state index >= 15 is 0 Å². The fourth-order valence-electron chi connectivity index (χ4n) is 3.09. The number of carboxylic acid groups (broad SMARTS) is 1. The molecular formula is C15H22N2O4. The van der Waals surface area contributed by atoms with E-state index in [1.807, 2.05) is 31.4 Å². The molecule has 6 heteroatoms. The Morgan fingerprint density at radius 1 is 1.43 bits per heavy atom. The third-order valence-electron chi connectivity index (χ3n) is 4.26. The normalized spacial score (nSPS) is 21.8. The molecule has 116 valence electrons. The molecule has 2 heterocycles. The number of aromatic nitrogens is 1. The van der Waals surface area contributed by atoms with Gasteiger partial charge in [-0.15, -0.1) is 0 Å². The first-order valence-electron chi connectivity index (χ1n) is 7.14. The second-order valence-corrected chi connectivity index (χ2v) is 5.43. The number of aryl methyl sites for hydroxylation is 1. The van der Waals surface area contributed by atoms with Crippen LogP contribution < -0.4 is 0 Å². The van der Waals surface area contributed by atoms with Gasteiger partial charge in [-0.25, -0.2) is 4.79 Å². The molecule has 1 N–H and O–H groups in total. The maximum absolute atomic E-state index is 12.7. The van der Waals surface area contributed by atoms with Crippen LogP contribution in [0.2, 0.25) is 0 Å². The van der Waals surface area contributed by atoms with Crippen molar-refractivity contribution >= 4 is 11.9 Å². The molecule has 1 amide bonds. The molecule has 1 fully saturated rings. The van der Waals surface area contributed by atoms with Gasteiger partial charge in [-0.1, -0.05) is 0 Å². The molecule has 0 radical (unpaired) electrons. The van der Waals surface area contributed by atoms with E-state index in [1.165, 1.54) is 4.90 Å². The Kier molecular flexibility index (Phi) is 4.37. The van der Waals surface area contributed by atoms with Gasteiger partial charge in [-0.2, -0.15) is 0 Å². The molecule has 1 saturated heterocycles. The number of rotatable bonds is 4. The Morgan fingerprint density at radius 3 is 2.57 bits per heavy atom. The minimum atomic E-state index is -0.979. The SMILES string of the molecule is CCn1c(C)cc(C(=O)N2CC(OC)CC2C(=O)O)c1C. The number of carbonyl (C=O) groups is 2. The molecule has 1 aromatic heterocycles. The number of hydrogen-bond acceptors (Lipinski definition) is 3. The van der Waals surface area contributed by atoms with Crippen LogP contribution in [-0.2, 0) is 16.1 Å². The van der Waals surface area contributed by atoms with E-state index in [9.17, 15) is 14.7 Å². The quantitative estimate of drug-likeness (QED) is 0.912. The number of hydrogen-bond donors (Lipinski definition) is 1. The first-order valence-corrected chi connectivity index (χ1v) is 7.14. The molecule has 1 aliphatic rings. The number of carbonyl (C=O) groups excluding carboxylic acids is 1. The molecule has 2 unspecified atom stereocenters. The van der Waals surface area contributed by atoms with Crippen molar-refractivity contribution in [3.05, 3.63) is 23.0 Å². The summed E-state index contributed by atoms with van der Waals surface area (Å²) in [5.74, 6) is -1.21. The second-order valence-electron chi connectivity index (χ2n) is 5.43. The average molecular weight is 294 g/mol. The summed E-state index contributed by atoms with van der Waals surface area (Å²) in [7, 11) is 1.54. The van der Waals surface area contributed by atoms with Gasteiger partial charge in [0.05, 0.1) is 11.7 Å². The molecule has 0 bridgehead atoms. The first kappa shape index (κ1) is 15.6. The smallest absolute Gasteiger partial charge is 0.326 e. The fourth-order valence-corrected chi connectivity index (χ4v) is 3.09. The lowest BCUT2D eigenvalue weighted by Gasteiger charge is -2.21. The maximum atomic E-state index is 12.7. The summed E-state index contributed by atoms with van der Waals surface area (Å²) in [6, 6.07) is 1.02. The van der Waals surface area contributed by atoms with E-state index in [-0.39, 0.29) is 12.0 Å². The zero-order valence-corrected chi connectivity index (χ0v) is 12.9. The van der Waals surface area contributed by atoms with E-state index in [0.29, 0.717) is 18.5 Å². The average Bonchev–Trinajstić information content (AvgIpc) is 2.99. The van der Waals surface area contributed by atoms with Crippen molar-refractivity contribution in [1.29, 1.82) is 0 Å². The highest BCUT2D eigenvalue weighted by atomic mass is 16.5. The maximum Gasteiger partial charge on any atom is 0.326 e. The third-order valence-corrected chi connectivity index (χ3v) is 4.26. The monoisotopic (exact) mass is 294 g/mol. The van der Waals surface area contributed by atoms with E-state index < -0.39 is 12.0 Å². The van der Waals surface area contributed by atoms with Gasteiger partial charge in [0.2, 0.25) is 0 Å². The molecule has 1 aliphatic heterocycles. The van der Waals surface area contributed by atoms with E-state index in [1.54, 1.807) is 7.11 Å². The van der Waals surface area contributed by atoms with Crippen LogP contribution >= 0.6 is 0 Å². The van der Waals surface area contributed by atoms with Gasteiger partial charge in [0.15, 0.2) is 0 Å². The summed E-state index contributed by atoms with van der Waals surface area (Å²) in [6.07, 6.45) is 0.120. The van der Waals surface area contributed by atoms with E-state index in [4.69, 9.17) is 4.74 Å². The number of nitrogens with zero attached hydrogens (tertiary/aromatic N) is 2. The van der Waals surface area contributed by atoms with Crippen LogP contribution in [0.5, 0.6) is 0 Å². The molecule has 2 atom stereocenters. The van der Waals surface area contributed by atoms with Crippen molar-refractivity contribution in [1.82, 2.24) is 9.47 Å². The van der Waals surface area contributed by atoms with Gasteiger partial charge in [0, 0.05) is 38.0 Å². The van der Waals surface area contributed by atoms with Crippen molar-refractivity contribution in [2.24, 2.45) is 0 Å². The lowest BCUT2D eigenvalue weighted by molar-refractivity contribution is -0.141. The summed E-state index contributed by atoms with van der Waals surface area (Å²) in [5.41, 5.74) is 2.47. The number of aliphatic carboxylic acids is 1. The number of carboxylic acids is 1. The van der Waals surface area contributed by atoms with Crippen molar-refractivity contribution in [3.8, 4) is 0 Å². The van der Waals surface area contributed by atoms with Crippen molar-refractivity contribution in [3.63, 3.8) is 0 Å². The Bertz CT molecular complexity index is 564. The number of methoxy groups -OCH3 is 1. The van der Waals surface area contributed by atoms with Crippen molar-refractivity contribution < 1.29 is 19.4 Å².